The van der Waals surface area contributed by atoms with Crippen LogP contribution in [0.4, 0.5) is 5.69 Å². The first-order chi connectivity index (χ1) is 9.63. The number of carbonyl (C=O) groups is 1. The molecule has 2 aromatic rings. The van der Waals surface area contributed by atoms with Crippen molar-refractivity contribution in [2.24, 2.45) is 5.92 Å². The van der Waals surface area contributed by atoms with E-state index in [4.69, 9.17) is 10.5 Å². The molecule has 1 fully saturated rings. The molecule has 1 saturated heterocycles. The molecule has 0 spiro atoms. The Bertz CT molecular complexity index is 632. The average Bonchev–Trinajstić information content (AvgIpc) is 3.07. The number of nitrogen functional groups attached to an aromatic ring is 1. The molecule has 2 atom stereocenters. The number of hydrogen-bond donors (Lipinski definition) is 2. The Labute approximate surface area is 121 Å². The van der Waals surface area contributed by atoms with E-state index < -0.39 is 0 Å². The first kappa shape index (κ1) is 13.4. The number of rotatable bonds is 3. The van der Waals surface area contributed by atoms with Gasteiger partial charge in [-0.3, -0.25) is 4.79 Å². The lowest BCUT2D eigenvalue weighted by molar-refractivity contribution is 0.0926. The van der Waals surface area contributed by atoms with Crippen LogP contribution in [0.15, 0.2) is 24.3 Å². The van der Waals surface area contributed by atoms with Crippen LogP contribution >= 0.6 is 11.3 Å². The van der Waals surface area contributed by atoms with Crippen molar-refractivity contribution >= 4 is 33.0 Å². The van der Waals surface area contributed by atoms with Crippen molar-refractivity contribution in [3.05, 3.63) is 29.1 Å². The molecule has 1 aromatic heterocycles. The molecule has 4 nitrogen and oxygen atoms in total. The Morgan fingerprint density at radius 3 is 3.10 bits per heavy atom. The van der Waals surface area contributed by atoms with Gasteiger partial charge in [-0.25, -0.2) is 0 Å². The van der Waals surface area contributed by atoms with Crippen molar-refractivity contribution in [1.29, 1.82) is 0 Å². The summed E-state index contributed by atoms with van der Waals surface area (Å²) in [5.41, 5.74) is 6.48. The van der Waals surface area contributed by atoms with Crippen molar-refractivity contribution in [2.45, 2.75) is 19.4 Å². The van der Waals surface area contributed by atoms with Gasteiger partial charge in [0.1, 0.15) is 0 Å². The molecule has 5 heteroatoms. The topological polar surface area (TPSA) is 64.4 Å². The van der Waals surface area contributed by atoms with E-state index in [2.05, 4.69) is 5.32 Å². The van der Waals surface area contributed by atoms with Gasteiger partial charge in [-0.15, -0.1) is 11.3 Å². The maximum absolute atomic E-state index is 12.3. The number of amides is 1. The Hall–Kier alpha value is -1.59. The van der Waals surface area contributed by atoms with E-state index in [0.29, 0.717) is 5.92 Å². The highest BCUT2D eigenvalue weighted by atomic mass is 32.1. The predicted octanol–water partition coefficient (Wildman–Crippen LogP) is 2.64. The van der Waals surface area contributed by atoms with Gasteiger partial charge in [-0.2, -0.15) is 0 Å². The van der Waals surface area contributed by atoms with Gasteiger partial charge < -0.3 is 15.8 Å². The van der Waals surface area contributed by atoms with Gasteiger partial charge in [0.15, 0.2) is 0 Å². The van der Waals surface area contributed by atoms with E-state index >= 15 is 0 Å². The molecule has 1 aromatic carbocycles. The number of hydrogen-bond acceptors (Lipinski definition) is 4. The number of thiophene rings is 1. The molecular formula is C15H18N2O2S. The third-order valence-corrected chi connectivity index (χ3v) is 4.91. The molecule has 3 rings (SSSR count). The summed E-state index contributed by atoms with van der Waals surface area (Å²) in [7, 11) is 0. The molecule has 3 N–H and O–H groups in total. The van der Waals surface area contributed by atoms with E-state index in [1.807, 2.05) is 31.2 Å². The highest BCUT2D eigenvalue weighted by molar-refractivity contribution is 7.20. The molecule has 2 heterocycles. The first-order valence-electron chi connectivity index (χ1n) is 6.81. The van der Waals surface area contributed by atoms with E-state index in [0.717, 1.165) is 40.3 Å². The molecule has 20 heavy (non-hydrogen) atoms. The largest absolute Gasteiger partial charge is 0.399 e. The Kier molecular flexibility index (Phi) is 3.63. The van der Waals surface area contributed by atoms with Crippen molar-refractivity contribution < 1.29 is 9.53 Å². The number of carbonyl (C=O) groups excluding carboxylic acids is 1. The van der Waals surface area contributed by atoms with Crippen LogP contribution in [0.5, 0.6) is 0 Å². The number of fused-ring (bicyclic) bond motifs is 1. The highest BCUT2D eigenvalue weighted by Crippen LogP contribution is 2.27. The van der Waals surface area contributed by atoms with Gasteiger partial charge in [-0.1, -0.05) is 0 Å². The van der Waals surface area contributed by atoms with Gasteiger partial charge in [0.05, 0.1) is 11.5 Å². The van der Waals surface area contributed by atoms with Crippen LogP contribution in [0, 0.1) is 5.92 Å². The summed E-state index contributed by atoms with van der Waals surface area (Å²) in [5.74, 6) is 0.410. The summed E-state index contributed by atoms with van der Waals surface area (Å²) >= 11 is 1.50. The van der Waals surface area contributed by atoms with Crippen LogP contribution in [-0.2, 0) is 4.74 Å². The van der Waals surface area contributed by atoms with E-state index in [1.165, 1.54) is 11.3 Å². The van der Waals surface area contributed by atoms with Crippen LogP contribution in [0.3, 0.4) is 0 Å². The van der Waals surface area contributed by atoms with Gasteiger partial charge in [0.2, 0.25) is 0 Å². The molecule has 0 saturated carbocycles. The quantitative estimate of drug-likeness (QED) is 0.854. The second-order valence-corrected chi connectivity index (χ2v) is 6.38. The smallest absolute Gasteiger partial charge is 0.261 e. The summed E-state index contributed by atoms with van der Waals surface area (Å²) in [4.78, 5) is 13.0. The zero-order valence-corrected chi connectivity index (χ0v) is 12.2. The number of nitrogens with one attached hydrogen (secondary N) is 1. The van der Waals surface area contributed by atoms with Crippen LogP contribution < -0.4 is 11.1 Å². The fraction of sp³-hybridized carbons (Fsp3) is 0.400. The summed E-state index contributed by atoms with van der Waals surface area (Å²) in [6, 6.07) is 7.76. The minimum atomic E-state index is -0.0100. The molecule has 1 aliphatic heterocycles. The lowest BCUT2D eigenvalue weighted by Crippen LogP contribution is -2.38. The maximum atomic E-state index is 12.3. The van der Waals surface area contributed by atoms with Gasteiger partial charge in [0.25, 0.3) is 5.91 Å². The predicted molar refractivity (Wildman–Crippen MR) is 82.1 cm³/mol. The fourth-order valence-electron chi connectivity index (χ4n) is 2.52. The minimum Gasteiger partial charge on any atom is -0.399 e. The van der Waals surface area contributed by atoms with Gasteiger partial charge >= 0.3 is 0 Å². The van der Waals surface area contributed by atoms with E-state index in [-0.39, 0.29) is 11.9 Å². The molecule has 0 aliphatic carbocycles. The van der Waals surface area contributed by atoms with Gasteiger partial charge in [0, 0.05) is 29.0 Å². The molecule has 106 valence electrons. The van der Waals surface area contributed by atoms with E-state index in [9.17, 15) is 4.79 Å². The standard InChI is InChI=1S/C15H18N2O2S/c1-9(10-4-5-19-8-10)17-15(18)14-7-11-6-12(16)2-3-13(11)20-14/h2-3,6-7,9-10H,4-5,8,16H2,1H3,(H,17,18). The average molecular weight is 290 g/mol. The normalized spacial score (nSPS) is 20.1. The highest BCUT2D eigenvalue weighted by Gasteiger charge is 2.24. The van der Waals surface area contributed by atoms with Crippen molar-refractivity contribution in [1.82, 2.24) is 5.32 Å². The summed E-state index contributed by atoms with van der Waals surface area (Å²) in [6.45, 7) is 3.58. The van der Waals surface area contributed by atoms with Gasteiger partial charge in [-0.05, 0) is 43.0 Å². The van der Waals surface area contributed by atoms with Crippen molar-refractivity contribution in [3.63, 3.8) is 0 Å². The monoisotopic (exact) mass is 290 g/mol. The van der Waals surface area contributed by atoms with Crippen LogP contribution in [0.2, 0.25) is 0 Å². The summed E-state index contributed by atoms with van der Waals surface area (Å²) in [6.07, 6.45) is 1.02. The molecule has 1 aliphatic rings. The molecule has 2 unspecified atom stereocenters. The Morgan fingerprint density at radius 1 is 1.50 bits per heavy atom. The molecular weight excluding hydrogens is 272 g/mol. The number of anilines is 1. The summed E-state index contributed by atoms with van der Waals surface area (Å²) < 4.78 is 6.45. The molecule has 0 bridgehead atoms. The van der Waals surface area contributed by atoms with Crippen molar-refractivity contribution in [2.75, 3.05) is 18.9 Å². The second kappa shape index (κ2) is 5.42. The zero-order valence-electron chi connectivity index (χ0n) is 11.4. The molecule has 0 radical (unpaired) electrons. The van der Waals surface area contributed by atoms with Crippen LogP contribution in [0.25, 0.3) is 10.1 Å². The Balaban J connectivity index is 1.74. The second-order valence-electron chi connectivity index (χ2n) is 5.29. The third-order valence-electron chi connectivity index (χ3n) is 3.79. The third kappa shape index (κ3) is 2.64. The van der Waals surface area contributed by atoms with Crippen molar-refractivity contribution in [3.8, 4) is 0 Å². The Morgan fingerprint density at radius 2 is 2.35 bits per heavy atom. The minimum absolute atomic E-state index is 0.0100. The first-order valence-corrected chi connectivity index (χ1v) is 7.63. The number of nitrogens with two attached hydrogens (primary N) is 1. The van der Waals surface area contributed by atoms with E-state index in [1.54, 1.807) is 0 Å². The SMILES string of the molecule is CC(NC(=O)c1cc2cc(N)ccc2s1)C1CCOC1. The summed E-state index contributed by atoms with van der Waals surface area (Å²) in [5, 5.41) is 4.10. The lowest BCUT2D eigenvalue weighted by Gasteiger charge is -2.18. The van der Waals surface area contributed by atoms with Crippen LogP contribution in [0.1, 0.15) is 23.0 Å². The maximum Gasteiger partial charge on any atom is 0.261 e. The number of ether oxygens (including phenoxy) is 1. The zero-order chi connectivity index (χ0) is 14.1. The number of benzene rings is 1. The fourth-order valence-corrected chi connectivity index (χ4v) is 3.46. The van der Waals surface area contributed by atoms with Crippen LogP contribution in [-0.4, -0.2) is 25.2 Å². The lowest BCUT2D eigenvalue weighted by atomic mass is 10.0. The molecule has 1 amide bonds.